The van der Waals surface area contributed by atoms with Crippen molar-refractivity contribution in [1.29, 1.82) is 0 Å². The first-order chi connectivity index (χ1) is 10.5. The van der Waals surface area contributed by atoms with Gasteiger partial charge in [0.1, 0.15) is 6.10 Å². The van der Waals surface area contributed by atoms with Crippen LogP contribution in [-0.4, -0.2) is 29.4 Å². The molecule has 0 radical (unpaired) electrons. The van der Waals surface area contributed by atoms with Gasteiger partial charge in [0.2, 0.25) is 0 Å². The van der Waals surface area contributed by atoms with E-state index in [1.54, 1.807) is 18.3 Å². The summed E-state index contributed by atoms with van der Waals surface area (Å²) in [6.07, 6.45) is 4.13. The number of esters is 1. The van der Waals surface area contributed by atoms with Gasteiger partial charge in [0, 0.05) is 36.7 Å². The van der Waals surface area contributed by atoms with E-state index in [1.807, 2.05) is 0 Å². The summed E-state index contributed by atoms with van der Waals surface area (Å²) in [5.41, 5.74) is -0.218. The third kappa shape index (κ3) is 2.70. The van der Waals surface area contributed by atoms with Crippen molar-refractivity contribution < 1.29 is 14.3 Å². The summed E-state index contributed by atoms with van der Waals surface area (Å²) in [6.45, 7) is 5.36. The lowest BCUT2D eigenvalue weighted by Crippen LogP contribution is -2.65. The van der Waals surface area contributed by atoms with E-state index in [4.69, 9.17) is 9.47 Å². The van der Waals surface area contributed by atoms with Crippen LogP contribution in [0.4, 0.5) is 0 Å². The number of rotatable bonds is 4. The number of aryl methyl sites for hydroxylation is 1. The standard InChI is InChI=1S/C17H23NO4/c1-17(2)15-12(6-5-11-21-15)16(17)22-14(20)8-10-18-9-4-3-7-13(18)19/h3-4,7,9,12,15-16H,5-6,8,10-11H2,1-2H3/t12-,15-,16+/m1/s1. The summed E-state index contributed by atoms with van der Waals surface area (Å²) < 4.78 is 13.0. The fourth-order valence-corrected chi connectivity index (χ4v) is 3.77. The summed E-state index contributed by atoms with van der Waals surface area (Å²) in [6, 6.07) is 4.97. The van der Waals surface area contributed by atoms with Gasteiger partial charge in [-0.25, -0.2) is 0 Å². The summed E-state index contributed by atoms with van der Waals surface area (Å²) in [7, 11) is 0. The highest BCUT2D eigenvalue weighted by Crippen LogP contribution is 2.52. The zero-order chi connectivity index (χ0) is 15.7. The van der Waals surface area contributed by atoms with Gasteiger partial charge >= 0.3 is 5.97 Å². The average molecular weight is 305 g/mol. The Morgan fingerprint density at radius 3 is 3.05 bits per heavy atom. The molecule has 2 aliphatic rings. The van der Waals surface area contributed by atoms with E-state index >= 15 is 0 Å². The Hall–Kier alpha value is -1.62. The molecule has 3 rings (SSSR count). The Labute approximate surface area is 130 Å². The molecular formula is C17H23NO4. The Kier molecular flexibility index (Phi) is 4.08. The van der Waals surface area contributed by atoms with E-state index < -0.39 is 0 Å². The number of carbonyl (C=O) groups excluding carboxylic acids is 1. The first-order valence-corrected chi connectivity index (χ1v) is 7.96. The molecule has 0 spiro atoms. The maximum Gasteiger partial charge on any atom is 0.307 e. The second-order valence-corrected chi connectivity index (χ2v) is 6.81. The van der Waals surface area contributed by atoms with Crippen LogP contribution in [0, 0.1) is 11.3 Å². The van der Waals surface area contributed by atoms with Crippen molar-refractivity contribution in [3.05, 3.63) is 34.7 Å². The van der Waals surface area contributed by atoms with E-state index in [9.17, 15) is 9.59 Å². The molecule has 2 heterocycles. The molecule has 1 aromatic heterocycles. The Bertz CT molecular complexity index is 607. The number of nitrogens with zero attached hydrogens (tertiary/aromatic N) is 1. The predicted molar refractivity (Wildman–Crippen MR) is 81.4 cm³/mol. The summed E-state index contributed by atoms with van der Waals surface area (Å²) in [5.74, 6) is 0.0880. The topological polar surface area (TPSA) is 57.5 Å². The molecule has 1 saturated carbocycles. The smallest absolute Gasteiger partial charge is 0.307 e. The first kappa shape index (κ1) is 15.3. The molecule has 0 amide bonds. The van der Waals surface area contributed by atoms with Gasteiger partial charge < -0.3 is 14.0 Å². The van der Waals surface area contributed by atoms with Crippen molar-refractivity contribution in [1.82, 2.24) is 4.57 Å². The van der Waals surface area contributed by atoms with E-state index in [1.165, 1.54) is 10.6 Å². The number of ether oxygens (including phenoxy) is 2. The molecule has 2 fully saturated rings. The molecule has 0 N–H and O–H groups in total. The minimum Gasteiger partial charge on any atom is -0.461 e. The zero-order valence-corrected chi connectivity index (χ0v) is 13.2. The predicted octanol–water partition coefficient (Wildman–Crippen LogP) is 1.99. The van der Waals surface area contributed by atoms with E-state index in [0.29, 0.717) is 12.5 Å². The van der Waals surface area contributed by atoms with E-state index in [2.05, 4.69) is 13.8 Å². The molecule has 1 aliphatic carbocycles. The number of carbonyl (C=O) groups is 1. The zero-order valence-electron chi connectivity index (χ0n) is 13.2. The highest BCUT2D eigenvalue weighted by atomic mass is 16.6. The minimum absolute atomic E-state index is 0.0715. The molecule has 0 unspecified atom stereocenters. The molecule has 0 bridgehead atoms. The number of aromatic nitrogens is 1. The van der Waals surface area contributed by atoms with Crippen LogP contribution in [-0.2, 0) is 20.8 Å². The van der Waals surface area contributed by atoms with Gasteiger partial charge in [0.25, 0.3) is 5.56 Å². The molecule has 1 aromatic rings. The van der Waals surface area contributed by atoms with Crippen LogP contribution >= 0.6 is 0 Å². The van der Waals surface area contributed by atoms with Crippen molar-refractivity contribution in [2.45, 2.75) is 51.9 Å². The van der Waals surface area contributed by atoms with Crippen LogP contribution in [0.3, 0.4) is 0 Å². The van der Waals surface area contributed by atoms with Gasteiger partial charge in [-0.15, -0.1) is 0 Å². The van der Waals surface area contributed by atoms with Crippen molar-refractivity contribution in [2.75, 3.05) is 6.61 Å². The third-order valence-corrected chi connectivity index (χ3v) is 4.94. The van der Waals surface area contributed by atoms with Crippen molar-refractivity contribution in [3.63, 3.8) is 0 Å². The monoisotopic (exact) mass is 305 g/mol. The second kappa shape index (κ2) is 5.88. The molecular weight excluding hydrogens is 282 g/mol. The molecule has 5 heteroatoms. The van der Waals surface area contributed by atoms with Gasteiger partial charge in [-0.3, -0.25) is 9.59 Å². The number of pyridine rings is 1. The van der Waals surface area contributed by atoms with Crippen LogP contribution in [0.2, 0.25) is 0 Å². The second-order valence-electron chi connectivity index (χ2n) is 6.81. The SMILES string of the molecule is CC1(C)[C@@H]2OCCC[C@H]2[C@@H]1OC(=O)CCn1ccccc1=O. The van der Waals surface area contributed by atoms with Gasteiger partial charge in [0.15, 0.2) is 0 Å². The van der Waals surface area contributed by atoms with Crippen LogP contribution in [0.15, 0.2) is 29.2 Å². The molecule has 0 aromatic carbocycles. The molecule has 1 aliphatic heterocycles. The van der Waals surface area contributed by atoms with Gasteiger partial charge in [-0.05, 0) is 18.9 Å². The van der Waals surface area contributed by atoms with Crippen LogP contribution in [0.1, 0.15) is 33.1 Å². The fraction of sp³-hybridized carbons (Fsp3) is 0.647. The lowest BCUT2D eigenvalue weighted by Gasteiger charge is -2.58. The third-order valence-electron chi connectivity index (χ3n) is 4.94. The minimum atomic E-state index is -0.238. The van der Waals surface area contributed by atoms with Gasteiger partial charge in [-0.2, -0.15) is 0 Å². The Morgan fingerprint density at radius 2 is 2.27 bits per heavy atom. The molecule has 3 atom stereocenters. The van der Waals surface area contributed by atoms with Crippen LogP contribution < -0.4 is 5.56 Å². The van der Waals surface area contributed by atoms with Crippen LogP contribution in [0.5, 0.6) is 0 Å². The van der Waals surface area contributed by atoms with E-state index in [-0.39, 0.29) is 35.6 Å². The van der Waals surface area contributed by atoms with Gasteiger partial charge in [0.05, 0.1) is 12.5 Å². The normalized spacial score (nSPS) is 29.3. The molecule has 5 nitrogen and oxygen atoms in total. The fourth-order valence-electron chi connectivity index (χ4n) is 3.77. The largest absolute Gasteiger partial charge is 0.461 e. The summed E-state index contributed by atoms with van der Waals surface area (Å²) in [5, 5.41) is 0. The van der Waals surface area contributed by atoms with E-state index in [0.717, 1.165) is 19.4 Å². The Balaban J connectivity index is 1.56. The molecule has 1 saturated heterocycles. The lowest BCUT2D eigenvalue weighted by atomic mass is 9.57. The number of hydrogen-bond donors (Lipinski definition) is 0. The first-order valence-electron chi connectivity index (χ1n) is 7.96. The Morgan fingerprint density at radius 1 is 1.45 bits per heavy atom. The number of fused-ring (bicyclic) bond motifs is 1. The van der Waals surface area contributed by atoms with Gasteiger partial charge in [-0.1, -0.05) is 19.9 Å². The summed E-state index contributed by atoms with van der Waals surface area (Å²) >= 11 is 0. The lowest BCUT2D eigenvalue weighted by molar-refractivity contribution is -0.254. The summed E-state index contributed by atoms with van der Waals surface area (Å²) in [4.78, 5) is 23.7. The van der Waals surface area contributed by atoms with Crippen molar-refractivity contribution in [3.8, 4) is 0 Å². The van der Waals surface area contributed by atoms with Crippen molar-refractivity contribution >= 4 is 5.97 Å². The maximum absolute atomic E-state index is 12.1. The highest BCUT2D eigenvalue weighted by Gasteiger charge is 2.60. The highest BCUT2D eigenvalue weighted by molar-refractivity contribution is 5.69. The quantitative estimate of drug-likeness (QED) is 0.798. The maximum atomic E-state index is 12.1. The van der Waals surface area contributed by atoms with Crippen molar-refractivity contribution in [2.24, 2.45) is 11.3 Å². The number of hydrogen-bond acceptors (Lipinski definition) is 4. The van der Waals surface area contributed by atoms with Crippen LogP contribution in [0.25, 0.3) is 0 Å². The molecule has 22 heavy (non-hydrogen) atoms. The average Bonchev–Trinajstić information content (AvgIpc) is 2.52. The molecule has 120 valence electrons.